The van der Waals surface area contributed by atoms with Crippen molar-refractivity contribution < 1.29 is 0 Å². The SMILES string of the molecule is CNc1c([C@@H]2CN(Cc3ccccc3)CC[C@H]2C)cnc(N)c1N. The summed E-state index contributed by atoms with van der Waals surface area (Å²) in [5.74, 6) is 1.39. The van der Waals surface area contributed by atoms with Crippen LogP contribution in [0.4, 0.5) is 17.2 Å². The summed E-state index contributed by atoms with van der Waals surface area (Å²) in [5, 5.41) is 3.22. The summed E-state index contributed by atoms with van der Waals surface area (Å²) in [4.78, 5) is 6.82. The van der Waals surface area contributed by atoms with Gasteiger partial charge in [-0.1, -0.05) is 37.3 Å². The highest BCUT2D eigenvalue weighted by atomic mass is 15.1. The van der Waals surface area contributed by atoms with E-state index in [0.717, 1.165) is 25.3 Å². The van der Waals surface area contributed by atoms with E-state index < -0.39 is 0 Å². The minimum Gasteiger partial charge on any atom is -0.394 e. The van der Waals surface area contributed by atoms with Gasteiger partial charge in [0, 0.05) is 37.8 Å². The minimum absolute atomic E-state index is 0.396. The number of nitrogens with one attached hydrogen (secondary N) is 1. The largest absolute Gasteiger partial charge is 0.394 e. The van der Waals surface area contributed by atoms with Crippen molar-refractivity contribution in [2.75, 3.05) is 36.9 Å². The number of nitrogen functional groups attached to an aromatic ring is 2. The lowest BCUT2D eigenvalue weighted by molar-refractivity contribution is 0.160. The van der Waals surface area contributed by atoms with Crippen molar-refractivity contribution in [1.82, 2.24) is 9.88 Å². The zero-order valence-electron chi connectivity index (χ0n) is 14.5. The summed E-state index contributed by atoms with van der Waals surface area (Å²) in [6.07, 6.45) is 3.07. The second kappa shape index (κ2) is 7.09. The van der Waals surface area contributed by atoms with Crippen LogP contribution in [0.15, 0.2) is 36.5 Å². The Morgan fingerprint density at radius 3 is 2.71 bits per heavy atom. The maximum absolute atomic E-state index is 6.14. The van der Waals surface area contributed by atoms with Gasteiger partial charge in [-0.25, -0.2) is 4.98 Å². The molecular formula is C19H27N5. The average molecular weight is 325 g/mol. The van der Waals surface area contributed by atoms with Crippen molar-refractivity contribution in [2.24, 2.45) is 5.92 Å². The number of hydrogen-bond donors (Lipinski definition) is 3. The molecule has 2 aromatic rings. The van der Waals surface area contributed by atoms with Crippen LogP contribution >= 0.6 is 0 Å². The van der Waals surface area contributed by atoms with E-state index >= 15 is 0 Å². The highest BCUT2D eigenvalue weighted by molar-refractivity contribution is 5.79. The fourth-order valence-electron chi connectivity index (χ4n) is 3.64. The summed E-state index contributed by atoms with van der Waals surface area (Å²) in [6.45, 7) is 5.43. The van der Waals surface area contributed by atoms with Gasteiger partial charge < -0.3 is 16.8 Å². The van der Waals surface area contributed by atoms with Crippen LogP contribution in [0.1, 0.15) is 30.4 Å². The molecule has 1 aliphatic rings. The molecule has 5 N–H and O–H groups in total. The first kappa shape index (κ1) is 16.6. The van der Waals surface area contributed by atoms with E-state index in [-0.39, 0.29) is 0 Å². The van der Waals surface area contributed by atoms with Gasteiger partial charge in [-0.15, -0.1) is 0 Å². The molecule has 0 spiro atoms. The van der Waals surface area contributed by atoms with Gasteiger partial charge in [-0.05, 0) is 24.4 Å². The van der Waals surface area contributed by atoms with Crippen molar-refractivity contribution in [3.63, 3.8) is 0 Å². The second-order valence-corrected chi connectivity index (χ2v) is 6.73. The molecule has 1 aliphatic heterocycles. The lowest BCUT2D eigenvalue weighted by atomic mass is 9.81. The first-order chi connectivity index (χ1) is 11.6. The van der Waals surface area contributed by atoms with E-state index in [0.29, 0.717) is 23.3 Å². The molecule has 1 aromatic heterocycles. The fraction of sp³-hybridized carbons (Fsp3) is 0.421. The number of rotatable bonds is 4. The molecule has 1 saturated heterocycles. The Morgan fingerprint density at radius 1 is 1.25 bits per heavy atom. The Kier molecular flexibility index (Phi) is 4.90. The van der Waals surface area contributed by atoms with E-state index in [2.05, 4.69) is 52.5 Å². The van der Waals surface area contributed by atoms with Gasteiger partial charge in [0.1, 0.15) is 5.82 Å². The van der Waals surface area contributed by atoms with Crippen molar-refractivity contribution in [3.05, 3.63) is 47.7 Å². The van der Waals surface area contributed by atoms with E-state index in [1.807, 2.05) is 13.2 Å². The smallest absolute Gasteiger partial charge is 0.148 e. The van der Waals surface area contributed by atoms with Crippen molar-refractivity contribution in [1.29, 1.82) is 0 Å². The maximum Gasteiger partial charge on any atom is 0.148 e. The van der Waals surface area contributed by atoms with Crippen LogP contribution in [0.5, 0.6) is 0 Å². The predicted molar refractivity (Wildman–Crippen MR) is 101 cm³/mol. The van der Waals surface area contributed by atoms with Crippen LogP contribution in [-0.4, -0.2) is 30.0 Å². The summed E-state index contributed by atoms with van der Waals surface area (Å²) < 4.78 is 0. The van der Waals surface area contributed by atoms with Crippen molar-refractivity contribution in [2.45, 2.75) is 25.8 Å². The highest BCUT2D eigenvalue weighted by Crippen LogP contribution is 2.39. The van der Waals surface area contributed by atoms with Gasteiger partial charge in [0.2, 0.25) is 0 Å². The summed E-state index contributed by atoms with van der Waals surface area (Å²) in [5.41, 5.74) is 16.0. The Bertz CT molecular complexity index is 686. The summed E-state index contributed by atoms with van der Waals surface area (Å²) in [6, 6.07) is 10.6. The third-order valence-corrected chi connectivity index (χ3v) is 5.12. The van der Waals surface area contributed by atoms with Crippen LogP contribution in [0.25, 0.3) is 0 Å². The van der Waals surface area contributed by atoms with Gasteiger partial charge in [-0.3, -0.25) is 4.90 Å². The molecule has 0 bridgehead atoms. The third kappa shape index (κ3) is 3.31. The molecule has 1 aromatic carbocycles. The number of likely N-dealkylation sites (tertiary alicyclic amines) is 1. The van der Waals surface area contributed by atoms with Crippen LogP contribution in [-0.2, 0) is 6.54 Å². The van der Waals surface area contributed by atoms with Crippen molar-refractivity contribution in [3.8, 4) is 0 Å². The van der Waals surface area contributed by atoms with E-state index in [1.54, 1.807) is 0 Å². The van der Waals surface area contributed by atoms with Gasteiger partial charge in [0.25, 0.3) is 0 Å². The van der Waals surface area contributed by atoms with E-state index in [1.165, 1.54) is 17.5 Å². The molecule has 5 heteroatoms. The summed E-state index contributed by atoms with van der Waals surface area (Å²) >= 11 is 0. The van der Waals surface area contributed by atoms with Gasteiger partial charge >= 0.3 is 0 Å². The molecule has 2 heterocycles. The normalized spacial score (nSPS) is 21.6. The number of benzene rings is 1. The van der Waals surface area contributed by atoms with E-state index in [9.17, 15) is 0 Å². The number of pyridine rings is 1. The Labute approximate surface area is 144 Å². The molecule has 1 fully saturated rings. The number of piperidine rings is 1. The standard InChI is InChI=1S/C19H27N5/c1-13-8-9-24(11-14-6-4-3-5-7-14)12-16(13)15-10-23-19(21)17(20)18(15)22-2/h3-7,10,13,16H,8-9,11-12,20H2,1-2H3,(H3,21,22,23)/t13-,16-/m1/s1. The van der Waals surface area contributed by atoms with Gasteiger partial charge in [0.15, 0.2) is 0 Å². The molecular weight excluding hydrogens is 298 g/mol. The topological polar surface area (TPSA) is 80.2 Å². The molecule has 0 saturated carbocycles. The summed E-state index contributed by atoms with van der Waals surface area (Å²) in [7, 11) is 1.89. The Balaban J connectivity index is 1.83. The predicted octanol–water partition coefficient (Wildman–Crippen LogP) is 2.91. The first-order valence-corrected chi connectivity index (χ1v) is 8.58. The molecule has 0 amide bonds. The third-order valence-electron chi connectivity index (χ3n) is 5.12. The molecule has 2 atom stereocenters. The van der Waals surface area contributed by atoms with Crippen LogP contribution in [0.3, 0.4) is 0 Å². The van der Waals surface area contributed by atoms with Gasteiger partial charge in [0.05, 0.1) is 11.4 Å². The zero-order chi connectivity index (χ0) is 17.1. The van der Waals surface area contributed by atoms with Crippen LogP contribution < -0.4 is 16.8 Å². The molecule has 3 rings (SSSR count). The van der Waals surface area contributed by atoms with Crippen LogP contribution in [0.2, 0.25) is 0 Å². The molecule has 0 aliphatic carbocycles. The lowest BCUT2D eigenvalue weighted by Crippen LogP contribution is -2.38. The second-order valence-electron chi connectivity index (χ2n) is 6.73. The molecule has 24 heavy (non-hydrogen) atoms. The first-order valence-electron chi connectivity index (χ1n) is 8.58. The number of aromatic nitrogens is 1. The van der Waals surface area contributed by atoms with Crippen LogP contribution in [0, 0.1) is 5.92 Å². The monoisotopic (exact) mass is 325 g/mol. The molecule has 0 unspecified atom stereocenters. The molecule has 0 radical (unpaired) electrons. The highest BCUT2D eigenvalue weighted by Gasteiger charge is 2.30. The zero-order valence-corrected chi connectivity index (χ0v) is 14.5. The maximum atomic E-state index is 6.14. The average Bonchev–Trinajstić information content (AvgIpc) is 2.60. The minimum atomic E-state index is 0.396. The number of hydrogen-bond acceptors (Lipinski definition) is 5. The molecule has 128 valence electrons. The van der Waals surface area contributed by atoms with Crippen molar-refractivity contribution >= 4 is 17.2 Å². The molecule has 5 nitrogen and oxygen atoms in total. The number of anilines is 3. The quantitative estimate of drug-likeness (QED) is 0.805. The number of nitrogens with zero attached hydrogens (tertiary/aromatic N) is 2. The van der Waals surface area contributed by atoms with E-state index in [4.69, 9.17) is 11.5 Å². The lowest BCUT2D eigenvalue weighted by Gasteiger charge is -2.38. The Morgan fingerprint density at radius 2 is 2.00 bits per heavy atom. The fourth-order valence-corrected chi connectivity index (χ4v) is 3.64. The van der Waals surface area contributed by atoms with Gasteiger partial charge in [-0.2, -0.15) is 0 Å². The number of nitrogens with two attached hydrogens (primary N) is 2. The Hall–Kier alpha value is -2.27.